The number of benzene rings is 1. The lowest BCUT2D eigenvalue weighted by molar-refractivity contribution is 0.256. The van der Waals surface area contributed by atoms with Crippen molar-refractivity contribution in [1.29, 1.82) is 5.26 Å². The smallest absolute Gasteiger partial charge is 0.325 e. The van der Waals surface area contributed by atoms with Crippen LogP contribution in [0.1, 0.15) is 5.56 Å². The Balaban J connectivity index is 0.00000289. The fourth-order valence-electron chi connectivity index (χ4n) is 1.02. The van der Waals surface area contributed by atoms with Gasteiger partial charge < -0.3 is 11.1 Å². The summed E-state index contributed by atoms with van der Waals surface area (Å²) in [5.74, 6) is -0.00281. The van der Waals surface area contributed by atoms with Crippen molar-refractivity contribution in [2.45, 2.75) is 0 Å². The van der Waals surface area contributed by atoms with Crippen LogP contribution in [0.15, 0.2) is 23.2 Å². The highest BCUT2D eigenvalue weighted by Gasteiger charge is 2.05. The number of hydrogen-bond donors (Lipinski definition) is 3. The highest BCUT2D eigenvalue weighted by molar-refractivity contribution is 6.31. The Hall–Kier alpha value is -1.97. The second kappa shape index (κ2) is 7.37. The Kier molecular flexibility index (Phi) is 6.57. The van der Waals surface area contributed by atoms with E-state index in [0.717, 1.165) is 0 Å². The zero-order chi connectivity index (χ0) is 12.8. The SMILES string of the molecule is CN=C(N)NC(=O)Nc1ccc(Cl)c(C#N)c1.Cl. The third kappa shape index (κ3) is 4.49. The van der Waals surface area contributed by atoms with Crippen molar-refractivity contribution >= 4 is 41.7 Å². The molecule has 0 spiro atoms. The molecule has 0 unspecified atom stereocenters. The number of aliphatic imine (C=N–C) groups is 1. The van der Waals surface area contributed by atoms with Gasteiger partial charge in [-0.3, -0.25) is 10.3 Å². The molecule has 96 valence electrons. The van der Waals surface area contributed by atoms with Gasteiger partial charge in [-0.15, -0.1) is 12.4 Å². The van der Waals surface area contributed by atoms with E-state index in [1.807, 2.05) is 6.07 Å². The van der Waals surface area contributed by atoms with E-state index in [2.05, 4.69) is 15.6 Å². The first kappa shape index (κ1) is 16.0. The van der Waals surface area contributed by atoms with Crippen molar-refractivity contribution < 1.29 is 4.79 Å². The minimum absolute atomic E-state index is 0. The molecule has 0 atom stereocenters. The monoisotopic (exact) mass is 287 g/mol. The van der Waals surface area contributed by atoms with Crippen molar-refractivity contribution in [2.24, 2.45) is 10.7 Å². The van der Waals surface area contributed by atoms with Gasteiger partial charge in [0.2, 0.25) is 0 Å². The first-order valence-electron chi connectivity index (χ1n) is 4.56. The molecule has 0 bridgehead atoms. The predicted octanol–water partition coefficient (Wildman–Crippen LogP) is 1.70. The second-order valence-corrected chi connectivity index (χ2v) is 3.40. The van der Waals surface area contributed by atoms with Gasteiger partial charge in [0.15, 0.2) is 5.96 Å². The van der Waals surface area contributed by atoms with Crippen LogP contribution >= 0.6 is 24.0 Å². The van der Waals surface area contributed by atoms with Crippen LogP contribution in [0.25, 0.3) is 0 Å². The van der Waals surface area contributed by atoms with Gasteiger partial charge in [-0.2, -0.15) is 5.26 Å². The number of amides is 2. The summed E-state index contributed by atoms with van der Waals surface area (Å²) in [6, 6.07) is 5.92. The van der Waals surface area contributed by atoms with E-state index in [4.69, 9.17) is 22.6 Å². The average molecular weight is 288 g/mol. The Morgan fingerprint density at radius 1 is 1.56 bits per heavy atom. The molecular formula is C10H11Cl2N5O. The number of nitrogens with two attached hydrogens (primary N) is 1. The van der Waals surface area contributed by atoms with Crippen molar-refractivity contribution in [1.82, 2.24) is 5.32 Å². The summed E-state index contributed by atoms with van der Waals surface area (Å²) in [5.41, 5.74) is 6.03. The van der Waals surface area contributed by atoms with E-state index in [1.54, 1.807) is 6.07 Å². The van der Waals surface area contributed by atoms with Gasteiger partial charge in [0.25, 0.3) is 0 Å². The lowest BCUT2D eigenvalue weighted by Gasteiger charge is -2.07. The molecule has 1 aromatic carbocycles. The van der Waals surface area contributed by atoms with E-state index >= 15 is 0 Å². The molecule has 0 heterocycles. The van der Waals surface area contributed by atoms with E-state index in [-0.39, 0.29) is 23.9 Å². The van der Waals surface area contributed by atoms with Gasteiger partial charge in [0.05, 0.1) is 10.6 Å². The lowest BCUT2D eigenvalue weighted by atomic mass is 10.2. The standard InChI is InChI=1S/C10H10ClN5O.ClH/c1-14-9(13)16-10(17)15-7-2-3-8(11)6(4-7)5-12;/h2-4H,1H3,(H4,13,14,15,16,17);1H. The number of nitriles is 1. The van der Waals surface area contributed by atoms with Crippen LogP contribution in [0.4, 0.5) is 10.5 Å². The summed E-state index contributed by atoms with van der Waals surface area (Å²) in [4.78, 5) is 14.9. The zero-order valence-electron chi connectivity index (χ0n) is 9.40. The zero-order valence-corrected chi connectivity index (χ0v) is 11.0. The predicted molar refractivity (Wildman–Crippen MR) is 73.1 cm³/mol. The van der Waals surface area contributed by atoms with E-state index in [1.165, 1.54) is 19.2 Å². The van der Waals surface area contributed by atoms with Gasteiger partial charge >= 0.3 is 6.03 Å². The summed E-state index contributed by atoms with van der Waals surface area (Å²) >= 11 is 5.75. The highest BCUT2D eigenvalue weighted by atomic mass is 35.5. The molecule has 1 aromatic rings. The molecule has 18 heavy (non-hydrogen) atoms. The van der Waals surface area contributed by atoms with Crippen LogP contribution < -0.4 is 16.4 Å². The summed E-state index contributed by atoms with van der Waals surface area (Å²) in [7, 11) is 1.45. The maximum Gasteiger partial charge on any atom is 0.325 e. The number of nitrogens with zero attached hydrogens (tertiary/aromatic N) is 2. The van der Waals surface area contributed by atoms with Crippen LogP contribution in [0.3, 0.4) is 0 Å². The maximum absolute atomic E-state index is 11.4. The first-order valence-corrected chi connectivity index (χ1v) is 4.94. The van der Waals surface area contributed by atoms with Crippen LogP contribution in [-0.4, -0.2) is 19.0 Å². The Bertz CT molecular complexity index is 509. The molecule has 0 fully saturated rings. The van der Waals surface area contributed by atoms with Crippen molar-refractivity contribution in [3.8, 4) is 6.07 Å². The molecule has 1 rings (SSSR count). The van der Waals surface area contributed by atoms with Gasteiger partial charge in [-0.1, -0.05) is 11.6 Å². The molecule has 0 saturated carbocycles. The largest absolute Gasteiger partial charge is 0.370 e. The van der Waals surface area contributed by atoms with Crippen molar-refractivity contribution in [3.05, 3.63) is 28.8 Å². The molecule has 0 radical (unpaired) electrons. The molecule has 0 aliphatic carbocycles. The van der Waals surface area contributed by atoms with Crippen molar-refractivity contribution in [2.75, 3.05) is 12.4 Å². The number of carbonyl (C=O) groups excluding carboxylic acids is 1. The summed E-state index contributed by atoms with van der Waals surface area (Å²) in [6.45, 7) is 0. The van der Waals surface area contributed by atoms with Crippen LogP contribution in [0.5, 0.6) is 0 Å². The molecule has 0 aliphatic rings. The fourth-order valence-corrected chi connectivity index (χ4v) is 1.18. The number of rotatable bonds is 1. The van der Waals surface area contributed by atoms with Gasteiger partial charge in [0.1, 0.15) is 6.07 Å². The molecule has 0 aliphatic heterocycles. The van der Waals surface area contributed by atoms with E-state index in [9.17, 15) is 4.79 Å². The van der Waals surface area contributed by atoms with Crippen LogP contribution in [-0.2, 0) is 0 Å². The molecular weight excluding hydrogens is 277 g/mol. The Morgan fingerprint density at radius 2 is 2.22 bits per heavy atom. The lowest BCUT2D eigenvalue weighted by Crippen LogP contribution is -2.39. The minimum atomic E-state index is -0.542. The van der Waals surface area contributed by atoms with Gasteiger partial charge in [0, 0.05) is 12.7 Å². The minimum Gasteiger partial charge on any atom is -0.370 e. The molecule has 0 aromatic heterocycles. The number of anilines is 1. The van der Waals surface area contributed by atoms with Crippen LogP contribution in [0.2, 0.25) is 5.02 Å². The fraction of sp³-hybridized carbons (Fsp3) is 0.100. The summed E-state index contributed by atoms with van der Waals surface area (Å²) < 4.78 is 0. The summed E-state index contributed by atoms with van der Waals surface area (Å²) in [5, 5.41) is 13.9. The highest BCUT2D eigenvalue weighted by Crippen LogP contribution is 2.19. The number of urea groups is 1. The van der Waals surface area contributed by atoms with Crippen LogP contribution in [0, 0.1) is 11.3 Å². The van der Waals surface area contributed by atoms with E-state index < -0.39 is 6.03 Å². The van der Waals surface area contributed by atoms with Gasteiger partial charge in [-0.25, -0.2) is 4.79 Å². The second-order valence-electron chi connectivity index (χ2n) is 2.99. The Morgan fingerprint density at radius 3 is 2.78 bits per heavy atom. The molecule has 0 saturated heterocycles. The van der Waals surface area contributed by atoms with E-state index in [0.29, 0.717) is 10.7 Å². The quantitative estimate of drug-likeness (QED) is 0.541. The number of carbonyl (C=O) groups is 1. The molecule has 6 nitrogen and oxygen atoms in total. The first-order chi connectivity index (χ1) is 8.06. The molecule has 2 amide bonds. The average Bonchev–Trinajstić information content (AvgIpc) is 2.31. The summed E-state index contributed by atoms with van der Waals surface area (Å²) in [6.07, 6.45) is 0. The number of hydrogen-bond acceptors (Lipinski definition) is 3. The number of guanidine groups is 1. The van der Waals surface area contributed by atoms with Gasteiger partial charge in [-0.05, 0) is 18.2 Å². The third-order valence-corrected chi connectivity index (χ3v) is 2.16. The number of nitrogens with one attached hydrogen (secondary N) is 2. The Labute approximate surface area is 115 Å². The number of halogens is 2. The normalized spacial score (nSPS) is 9.94. The topological polar surface area (TPSA) is 103 Å². The third-order valence-electron chi connectivity index (χ3n) is 1.83. The molecule has 4 N–H and O–H groups in total. The van der Waals surface area contributed by atoms with Crippen molar-refractivity contribution in [3.63, 3.8) is 0 Å². The molecule has 8 heteroatoms. The maximum atomic E-state index is 11.4.